The van der Waals surface area contributed by atoms with Gasteiger partial charge in [0.05, 0.1) is 6.42 Å². The number of anilines is 1. The quantitative estimate of drug-likeness (QED) is 0.614. The second kappa shape index (κ2) is 2.63. The summed E-state index contributed by atoms with van der Waals surface area (Å²) in [7, 11) is 0. The predicted octanol–water partition coefficient (Wildman–Crippen LogP) is 1.82. The van der Waals surface area contributed by atoms with Gasteiger partial charge in [0.2, 0.25) is 5.91 Å². The Kier molecular flexibility index (Phi) is 1.61. The van der Waals surface area contributed by atoms with E-state index in [0.29, 0.717) is 0 Å². The van der Waals surface area contributed by atoms with Crippen molar-refractivity contribution in [1.82, 2.24) is 0 Å². The van der Waals surface area contributed by atoms with E-state index in [1.54, 1.807) is 0 Å². The first-order valence-corrected chi connectivity index (χ1v) is 3.94. The van der Waals surface area contributed by atoms with Crippen molar-refractivity contribution in [2.75, 3.05) is 5.32 Å². The Morgan fingerprint density at radius 3 is 3.00 bits per heavy atom. The first-order chi connectivity index (χ1) is 5.77. The molecule has 0 aromatic heterocycles. The van der Waals surface area contributed by atoms with Crippen molar-refractivity contribution in [3.63, 3.8) is 0 Å². The van der Waals surface area contributed by atoms with Crippen molar-refractivity contribution >= 4 is 11.6 Å². The highest BCUT2D eigenvalue weighted by Gasteiger charge is 2.21. The molecule has 1 unspecified atom stereocenters. The Labute approximate surface area is 71.6 Å². The highest BCUT2D eigenvalue weighted by molar-refractivity contribution is 6.01. The van der Waals surface area contributed by atoms with Crippen LogP contribution in [0.4, 0.5) is 5.69 Å². The lowest BCUT2D eigenvalue weighted by Gasteiger charge is -2.21. The predicted molar refractivity (Wildman–Crippen MR) is 46.7 cm³/mol. The van der Waals surface area contributed by atoms with Crippen molar-refractivity contribution in [3.05, 3.63) is 36.2 Å². The van der Waals surface area contributed by atoms with Crippen molar-refractivity contribution in [2.24, 2.45) is 0 Å². The second-order valence-corrected chi connectivity index (χ2v) is 2.91. The van der Waals surface area contributed by atoms with Crippen LogP contribution in [0.1, 0.15) is 18.4 Å². The molecule has 1 aliphatic heterocycles. The Balaban J connectivity index is 2.47. The van der Waals surface area contributed by atoms with Gasteiger partial charge in [0.1, 0.15) is 0 Å². The minimum Gasteiger partial charge on any atom is -0.325 e. The standard InChI is InChI=1S/C10H9NO/c1-7-6-10(12)11-9-5-3-2-4-8(7)9/h2-5,7H,1H3,(H,11,12). The summed E-state index contributed by atoms with van der Waals surface area (Å²) in [4.78, 5) is 11.0. The number of fused-ring (bicyclic) bond motifs is 1. The third-order valence-corrected chi connectivity index (χ3v) is 2.02. The molecule has 12 heavy (non-hydrogen) atoms. The lowest BCUT2D eigenvalue weighted by atomic mass is 9.92. The van der Waals surface area contributed by atoms with E-state index in [2.05, 4.69) is 11.7 Å². The number of hydrogen-bond acceptors (Lipinski definition) is 1. The highest BCUT2D eigenvalue weighted by atomic mass is 16.1. The fourth-order valence-corrected chi connectivity index (χ4v) is 1.42. The number of amides is 1. The molecule has 1 atom stereocenters. The van der Waals surface area contributed by atoms with Crippen LogP contribution >= 0.6 is 0 Å². The molecule has 0 saturated carbocycles. The molecule has 2 radical (unpaired) electrons. The van der Waals surface area contributed by atoms with Gasteiger partial charge in [-0.15, -0.1) is 0 Å². The SMILES string of the molecule is CC1[C]C(=O)Nc2ccccc21. The summed E-state index contributed by atoms with van der Waals surface area (Å²) in [5.74, 6) is -0.0175. The van der Waals surface area contributed by atoms with E-state index >= 15 is 0 Å². The van der Waals surface area contributed by atoms with Gasteiger partial charge in [-0.25, -0.2) is 0 Å². The zero-order valence-corrected chi connectivity index (χ0v) is 6.79. The van der Waals surface area contributed by atoms with Gasteiger partial charge in [0.15, 0.2) is 0 Å². The Morgan fingerprint density at radius 1 is 1.42 bits per heavy atom. The van der Waals surface area contributed by atoms with Crippen LogP contribution in [0.5, 0.6) is 0 Å². The van der Waals surface area contributed by atoms with Gasteiger partial charge in [0, 0.05) is 5.69 Å². The first kappa shape index (κ1) is 7.35. The number of benzene rings is 1. The van der Waals surface area contributed by atoms with Gasteiger partial charge in [-0.3, -0.25) is 4.79 Å². The van der Waals surface area contributed by atoms with Crippen molar-refractivity contribution < 1.29 is 4.79 Å². The molecular formula is C10H9NO. The number of carbonyl (C=O) groups excluding carboxylic acids is 1. The van der Waals surface area contributed by atoms with E-state index < -0.39 is 0 Å². The smallest absolute Gasteiger partial charge is 0.233 e. The van der Waals surface area contributed by atoms with Crippen LogP contribution < -0.4 is 5.32 Å². The molecule has 2 rings (SSSR count). The Bertz CT molecular complexity index is 319. The van der Waals surface area contributed by atoms with Crippen LogP contribution in [-0.2, 0) is 4.79 Å². The van der Waals surface area contributed by atoms with E-state index in [4.69, 9.17) is 0 Å². The van der Waals surface area contributed by atoms with Crippen LogP contribution in [0, 0.1) is 6.42 Å². The summed E-state index contributed by atoms with van der Waals surface area (Å²) in [5.41, 5.74) is 2.05. The molecular weight excluding hydrogens is 150 g/mol. The van der Waals surface area contributed by atoms with Crippen molar-refractivity contribution in [3.8, 4) is 0 Å². The van der Waals surface area contributed by atoms with Crippen LogP contribution in [0.15, 0.2) is 24.3 Å². The monoisotopic (exact) mass is 159 g/mol. The topological polar surface area (TPSA) is 29.1 Å². The third kappa shape index (κ3) is 1.09. The normalized spacial score (nSPS) is 21.4. The average molecular weight is 159 g/mol. The summed E-state index contributed by atoms with van der Waals surface area (Å²) in [6.07, 6.45) is 2.79. The molecule has 1 aliphatic rings. The molecule has 0 aliphatic carbocycles. The van der Waals surface area contributed by atoms with Crippen LogP contribution in [0.25, 0.3) is 0 Å². The average Bonchev–Trinajstić information content (AvgIpc) is 2.04. The zero-order chi connectivity index (χ0) is 8.55. The van der Waals surface area contributed by atoms with Crippen molar-refractivity contribution in [1.29, 1.82) is 0 Å². The number of para-hydroxylation sites is 1. The molecule has 0 bridgehead atoms. The van der Waals surface area contributed by atoms with Gasteiger partial charge in [-0.1, -0.05) is 25.1 Å². The summed E-state index contributed by atoms with van der Waals surface area (Å²) >= 11 is 0. The van der Waals surface area contributed by atoms with E-state index in [-0.39, 0.29) is 11.8 Å². The molecule has 1 heterocycles. The van der Waals surface area contributed by atoms with Gasteiger partial charge < -0.3 is 5.32 Å². The second-order valence-electron chi connectivity index (χ2n) is 2.91. The molecule has 2 nitrogen and oxygen atoms in total. The van der Waals surface area contributed by atoms with Crippen LogP contribution in [0.3, 0.4) is 0 Å². The maximum absolute atomic E-state index is 11.0. The Morgan fingerprint density at radius 2 is 2.17 bits per heavy atom. The highest BCUT2D eigenvalue weighted by Crippen LogP contribution is 2.30. The number of carbonyl (C=O) groups is 1. The summed E-state index contributed by atoms with van der Waals surface area (Å²) in [5, 5.41) is 2.74. The summed E-state index contributed by atoms with van der Waals surface area (Å²) < 4.78 is 0. The van der Waals surface area contributed by atoms with E-state index in [1.807, 2.05) is 31.2 Å². The maximum Gasteiger partial charge on any atom is 0.233 e. The molecule has 1 aromatic carbocycles. The van der Waals surface area contributed by atoms with Crippen LogP contribution in [-0.4, -0.2) is 5.91 Å². The summed E-state index contributed by atoms with van der Waals surface area (Å²) in [6.45, 7) is 1.97. The van der Waals surface area contributed by atoms with Gasteiger partial charge in [0.25, 0.3) is 0 Å². The van der Waals surface area contributed by atoms with Gasteiger partial charge >= 0.3 is 0 Å². The molecule has 2 heteroatoms. The van der Waals surface area contributed by atoms with E-state index in [9.17, 15) is 4.79 Å². The Hall–Kier alpha value is -1.31. The summed E-state index contributed by atoms with van der Waals surface area (Å²) in [6, 6.07) is 7.79. The van der Waals surface area contributed by atoms with Crippen molar-refractivity contribution in [2.45, 2.75) is 12.8 Å². The van der Waals surface area contributed by atoms with E-state index in [0.717, 1.165) is 11.3 Å². The molecule has 0 spiro atoms. The zero-order valence-electron chi connectivity index (χ0n) is 6.79. The molecule has 0 fully saturated rings. The molecule has 1 aromatic rings. The first-order valence-electron chi connectivity index (χ1n) is 3.94. The fraction of sp³-hybridized carbons (Fsp3) is 0.200. The maximum atomic E-state index is 11.0. The van der Waals surface area contributed by atoms with Gasteiger partial charge in [-0.05, 0) is 17.5 Å². The third-order valence-electron chi connectivity index (χ3n) is 2.02. The minimum atomic E-state index is -0.124. The fourth-order valence-electron chi connectivity index (χ4n) is 1.42. The number of rotatable bonds is 0. The van der Waals surface area contributed by atoms with E-state index in [1.165, 1.54) is 0 Å². The lowest BCUT2D eigenvalue weighted by Crippen LogP contribution is -2.21. The lowest BCUT2D eigenvalue weighted by molar-refractivity contribution is -0.113. The number of nitrogens with one attached hydrogen (secondary N) is 1. The molecule has 60 valence electrons. The van der Waals surface area contributed by atoms with Crippen LogP contribution in [0.2, 0.25) is 0 Å². The molecule has 0 saturated heterocycles. The largest absolute Gasteiger partial charge is 0.325 e. The molecule has 1 N–H and O–H groups in total. The van der Waals surface area contributed by atoms with Gasteiger partial charge in [-0.2, -0.15) is 0 Å². The number of hydrogen-bond donors (Lipinski definition) is 1. The minimum absolute atomic E-state index is 0.106. The molecule has 1 amide bonds.